The van der Waals surface area contributed by atoms with Gasteiger partial charge in [-0.2, -0.15) is 9.78 Å². The highest BCUT2D eigenvalue weighted by molar-refractivity contribution is 5.92. The zero-order valence-electron chi connectivity index (χ0n) is 12.2. The predicted molar refractivity (Wildman–Crippen MR) is 87.6 cm³/mol. The monoisotopic (exact) mass is 322 g/mol. The van der Waals surface area contributed by atoms with Crippen LogP contribution in [0.3, 0.4) is 0 Å². The first kappa shape index (κ1) is 17.9. The van der Waals surface area contributed by atoms with Gasteiger partial charge in [0.25, 0.3) is 11.5 Å². The molecule has 1 heterocycles. The molecule has 118 valence electrons. The maximum atomic E-state index is 12.0. The molecule has 1 amide bonds. The van der Waals surface area contributed by atoms with Gasteiger partial charge in [-0.15, -0.1) is 12.4 Å². The Labute approximate surface area is 134 Å². The van der Waals surface area contributed by atoms with Crippen molar-refractivity contribution in [3.05, 3.63) is 58.5 Å². The third-order valence-electron chi connectivity index (χ3n) is 3.05. The number of carbonyl (C=O) groups is 1. The predicted octanol–water partition coefficient (Wildman–Crippen LogP) is 0.979. The summed E-state index contributed by atoms with van der Waals surface area (Å²) in [5, 5.41) is 6.86. The van der Waals surface area contributed by atoms with Crippen molar-refractivity contribution in [2.45, 2.75) is 6.92 Å². The maximum absolute atomic E-state index is 12.0. The fourth-order valence-corrected chi connectivity index (χ4v) is 1.73. The molecule has 0 spiro atoms. The summed E-state index contributed by atoms with van der Waals surface area (Å²) >= 11 is 0. The zero-order valence-corrected chi connectivity index (χ0v) is 13.0. The van der Waals surface area contributed by atoms with Crippen LogP contribution in [0.4, 0.5) is 0 Å². The van der Waals surface area contributed by atoms with Crippen LogP contribution in [0.2, 0.25) is 0 Å². The lowest BCUT2D eigenvalue weighted by atomic mass is 10.2. The van der Waals surface area contributed by atoms with Gasteiger partial charge in [-0.25, -0.2) is 0 Å². The van der Waals surface area contributed by atoms with E-state index in [2.05, 4.69) is 10.4 Å². The number of hydrogen-bond donors (Lipinski definition) is 2. The highest BCUT2D eigenvalue weighted by atomic mass is 35.5. The highest BCUT2D eigenvalue weighted by Crippen LogP contribution is 2.02. The van der Waals surface area contributed by atoms with E-state index in [0.29, 0.717) is 18.8 Å². The van der Waals surface area contributed by atoms with Crippen molar-refractivity contribution in [1.29, 1.82) is 0 Å². The van der Waals surface area contributed by atoms with E-state index in [0.717, 1.165) is 0 Å². The molecule has 3 N–H and O–H groups in total. The molecule has 7 heteroatoms. The van der Waals surface area contributed by atoms with E-state index in [-0.39, 0.29) is 35.5 Å². The van der Waals surface area contributed by atoms with Crippen molar-refractivity contribution < 1.29 is 4.79 Å². The molecule has 2 rings (SSSR count). The van der Waals surface area contributed by atoms with Gasteiger partial charge in [0.1, 0.15) is 5.69 Å². The SMILES string of the molecule is CC(CN)CNC(=O)c1ccc(=O)n(-c2ccccc2)n1.Cl. The second-order valence-corrected chi connectivity index (χ2v) is 4.86. The van der Waals surface area contributed by atoms with E-state index >= 15 is 0 Å². The molecular formula is C15H19ClN4O2. The second kappa shape index (κ2) is 8.31. The molecule has 2 aromatic rings. The van der Waals surface area contributed by atoms with Gasteiger partial charge in [-0.05, 0) is 30.7 Å². The Morgan fingerprint density at radius 2 is 1.95 bits per heavy atom. The minimum Gasteiger partial charge on any atom is -0.350 e. The number of amides is 1. The molecule has 0 aliphatic heterocycles. The van der Waals surface area contributed by atoms with E-state index in [1.807, 2.05) is 13.0 Å². The minimum atomic E-state index is -0.319. The van der Waals surface area contributed by atoms with Gasteiger partial charge in [0, 0.05) is 12.6 Å². The Bertz CT molecular complexity index is 673. The van der Waals surface area contributed by atoms with Gasteiger partial charge in [0.2, 0.25) is 0 Å². The van der Waals surface area contributed by atoms with E-state index in [1.54, 1.807) is 24.3 Å². The Morgan fingerprint density at radius 1 is 1.27 bits per heavy atom. The Hall–Kier alpha value is -2.18. The number of para-hydroxylation sites is 1. The molecule has 1 aromatic carbocycles. The first-order chi connectivity index (χ1) is 10.1. The Balaban J connectivity index is 0.00000242. The van der Waals surface area contributed by atoms with Crippen LogP contribution in [0.25, 0.3) is 5.69 Å². The number of aromatic nitrogens is 2. The molecule has 0 bridgehead atoms. The maximum Gasteiger partial charge on any atom is 0.271 e. The number of nitrogens with one attached hydrogen (secondary N) is 1. The third kappa shape index (κ3) is 4.41. The van der Waals surface area contributed by atoms with Gasteiger partial charge >= 0.3 is 0 Å². The second-order valence-electron chi connectivity index (χ2n) is 4.86. The number of halogens is 1. The summed E-state index contributed by atoms with van der Waals surface area (Å²) in [4.78, 5) is 23.9. The normalized spacial score (nSPS) is 11.4. The van der Waals surface area contributed by atoms with Crippen molar-refractivity contribution >= 4 is 18.3 Å². The molecule has 0 radical (unpaired) electrons. The Morgan fingerprint density at radius 3 is 2.59 bits per heavy atom. The smallest absolute Gasteiger partial charge is 0.271 e. The first-order valence-corrected chi connectivity index (χ1v) is 6.76. The molecule has 6 nitrogen and oxygen atoms in total. The molecule has 1 aromatic heterocycles. The van der Waals surface area contributed by atoms with Crippen LogP contribution >= 0.6 is 12.4 Å². The standard InChI is InChI=1S/C15H18N4O2.ClH/c1-11(9-16)10-17-15(21)13-7-8-14(20)19(18-13)12-5-3-2-4-6-12;/h2-8,11H,9-10,16H2,1H3,(H,17,21);1H. The molecule has 0 aliphatic rings. The van der Waals surface area contributed by atoms with Crippen LogP contribution < -0.4 is 16.6 Å². The van der Waals surface area contributed by atoms with Crippen molar-refractivity contribution in [2.75, 3.05) is 13.1 Å². The lowest BCUT2D eigenvalue weighted by Gasteiger charge is -2.10. The van der Waals surface area contributed by atoms with Crippen LogP contribution in [-0.4, -0.2) is 28.8 Å². The summed E-state index contributed by atoms with van der Waals surface area (Å²) in [5.41, 5.74) is 6.04. The highest BCUT2D eigenvalue weighted by Gasteiger charge is 2.11. The van der Waals surface area contributed by atoms with Crippen LogP contribution in [0.1, 0.15) is 17.4 Å². The van der Waals surface area contributed by atoms with Crippen molar-refractivity contribution in [3.8, 4) is 5.69 Å². The van der Waals surface area contributed by atoms with Crippen LogP contribution in [0.5, 0.6) is 0 Å². The van der Waals surface area contributed by atoms with Crippen molar-refractivity contribution in [3.63, 3.8) is 0 Å². The average molecular weight is 323 g/mol. The van der Waals surface area contributed by atoms with Crippen LogP contribution in [0.15, 0.2) is 47.3 Å². The average Bonchev–Trinajstić information content (AvgIpc) is 2.53. The summed E-state index contributed by atoms with van der Waals surface area (Å²) in [6.45, 7) is 2.91. The lowest BCUT2D eigenvalue weighted by molar-refractivity contribution is 0.0941. The number of nitrogens with zero attached hydrogens (tertiary/aromatic N) is 2. The fourth-order valence-electron chi connectivity index (χ4n) is 1.73. The quantitative estimate of drug-likeness (QED) is 0.858. The van der Waals surface area contributed by atoms with E-state index in [9.17, 15) is 9.59 Å². The fraction of sp³-hybridized carbons (Fsp3) is 0.267. The number of carbonyl (C=O) groups excluding carboxylic acids is 1. The molecule has 22 heavy (non-hydrogen) atoms. The van der Waals surface area contributed by atoms with Crippen molar-refractivity contribution in [1.82, 2.24) is 15.1 Å². The summed E-state index contributed by atoms with van der Waals surface area (Å²) < 4.78 is 1.21. The molecule has 0 fully saturated rings. The molecule has 1 atom stereocenters. The topological polar surface area (TPSA) is 90.0 Å². The van der Waals surface area contributed by atoms with Crippen LogP contribution in [0, 0.1) is 5.92 Å². The molecule has 1 unspecified atom stereocenters. The Kier molecular flexibility index (Phi) is 6.75. The molecule has 0 saturated heterocycles. The van der Waals surface area contributed by atoms with Crippen molar-refractivity contribution in [2.24, 2.45) is 11.7 Å². The van der Waals surface area contributed by atoms with Gasteiger partial charge in [0.05, 0.1) is 5.69 Å². The number of hydrogen-bond acceptors (Lipinski definition) is 4. The lowest BCUT2D eigenvalue weighted by Crippen LogP contribution is -2.33. The summed E-state index contributed by atoms with van der Waals surface area (Å²) in [6.07, 6.45) is 0. The van der Waals surface area contributed by atoms with Gasteiger partial charge in [0.15, 0.2) is 0 Å². The molecule has 0 saturated carbocycles. The van der Waals surface area contributed by atoms with Crippen LogP contribution in [-0.2, 0) is 0 Å². The summed E-state index contributed by atoms with van der Waals surface area (Å²) in [7, 11) is 0. The molecule has 0 aliphatic carbocycles. The zero-order chi connectivity index (χ0) is 15.2. The number of rotatable bonds is 5. The summed E-state index contributed by atoms with van der Waals surface area (Å²) in [5.74, 6) is -0.131. The minimum absolute atomic E-state index is 0. The third-order valence-corrected chi connectivity index (χ3v) is 3.05. The van der Waals surface area contributed by atoms with Gasteiger partial charge < -0.3 is 11.1 Å². The molecular weight excluding hydrogens is 304 g/mol. The number of nitrogens with two attached hydrogens (primary N) is 1. The number of benzene rings is 1. The summed E-state index contributed by atoms with van der Waals surface area (Å²) in [6, 6.07) is 11.7. The van der Waals surface area contributed by atoms with Gasteiger partial charge in [-0.1, -0.05) is 25.1 Å². The van der Waals surface area contributed by atoms with E-state index < -0.39 is 0 Å². The largest absolute Gasteiger partial charge is 0.350 e. The van der Waals surface area contributed by atoms with E-state index in [4.69, 9.17) is 5.73 Å². The van der Waals surface area contributed by atoms with Gasteiger partial charge in [-0.3, -0.25) is 9.59 Å². The van der Waals surface area contributed by atoms with E-state index in [1.165, 1.54) is 16.8 Å². The first-order valence-electron chi connectivity index (χ1n) is 6.76.